The fourth-order valence-electron chi connectivity index (χ4n) is 2.79. The van der Waals surface area contributed by atoms with E-state index in [1.165, 1.54) is 12.5 Å². The van der Waals surface area contributed by atoms with E-state index in [4.69, 9.17) is 4.52 Å². The van der Waals surface area contributed by atoms with Gasteiger partial charge in [-0.3, -0.25) is 10.1 Å². The highest BCUT2D eigenvalue weighted by Gasteiger charge is 2.23. The van der Waals surface area contributed by atoms with E-state index in [-0.39, 0.29) is 16.5 Å². The molecule has 122 valence electrons. The Morgan fingerprint density at radius 1 is 1.26 bits per heavy atom. The molecule has 1 fully saturated rings. The highest BCUT2D eigenvalue weighted by Crippen LogP contribution is 2.34. The minimum absolute atomic E-state index is 0.0914. The average molecular weight is 316 g/mol. The van der Waals surface area contributed by atoms with E-state index in [0.717, 1.165) is 25.9 Å². The number of piperidine rings is 1. The van der Waals surface area contributed by atoms with Gasteiger partial charge in [0.15, 0.2) is 5.82 Å². The summed E-state index contributed by atoms with van der Waals surface area (Å²) in [4.78, 5) is 17.5. The van der Waals surface area contributed by atoms with E-state index in [9.17, 15) is 10.1 Å². The molecule has 7 nitrogen and oxygen atoms in total. The lowest BCUT2D eigenvalue weighted by molar-refractivity contribution is -0.384. The standard InChI is InChI=1S/C16H20N4O3/c1-11(2)15-17-16(23-18-15)12-6-7-13(14(10-12)20(21)22)19-8-4-3-5-9-19/h6-7,10-11H,3-5,8-9H2,1-2H3. The van der Waals surface area contributed by atoms with Crippen LogP contribution in [0.2, 0.25) is 0 Å². The van der Waals surface area contributed by atoms with Crippen LogP contribution in [0.4, 0.5) is 11.4 Å². The van der Waals surface area contributed by atoms with E-state index < -0.39 is 0 Å². The average Bonchev–Trinajstić information content (AvgIpc) is 3.05. The highest BCUT2D eigenvalue weighted by molar-refractivity contribution is 5.71. The third kappa shape index (κ3) is 3.18. The molecule has 1 aromatic carbocycles. The number of nitro groups is 1. The van der Waals surface area contributed by atoms with E-state index in [0.29, 0.717) is 23.0 Å². The lowest BCUT2D eigenvalue weighted by Gasteiger charge is -2.28. The molecule has 0 amide bonds. The van der Waals surface area contributed by atoms with Gasteiger partial charge in [-0.1, -0.05) is 19.0 Å². The summed E-state index contributed by atoms with van der Waals surface area (Å²) in [6, 6.07) is 5.13. The number of nitrogens with zero attached hydrogens (tertiary/aromatic N) is 4. The predicted molar refractivity (Wildman–Crippen MR) is 86.5 cm³/mol. The molecule has 1 aliphatic heterocycles. The largest absolute Gasteiger partial charge is 0.366 e. The van der Waals surface area contributed by atoms with Gasteiger partial charge < -0.3 is 9.42 Å². The van der Waals surface area contributed by atoms with Crippen LogP contribution in [0, 0.1) is 10.1 Å². The molecule has 0 bridgehead atoms. The van der Waals surface area contributed by atoms with Crippen LogP contribution in [0.5, 0.6) is 0 Å². The van der Waals surface area contributed by atoms with E-state index in [2.05, 4.69) is 15.0 Å². The summed E-state index contributed by atoms with van der Waals surface area (Å²) < 4.78 is 5.23. The molecule has 23 heavy (non-hydrogen) atoms. The second kappa shape index (κ2) is 6.36. The van der Waals surface area contributed by atoms with Crippen LogP contribution in [0.25, 0.3) is 11.5 Å². The first kappa shape index (κ1) is 15.5. The Labute approximate surface area is 134 Å². The van der Waals surface area contributed by atoms with Crippen LogP contribution in [-0.2, 0) is 0 Å². The van der Waals surface area contributed by atoms with Crippen LogP contribution < -0.4 is 4.90 Å². The van der Waals surface area contributed by atoms with Crippen molar-refractivity contribution in [1.82, 2.24) is 10.1 Å². The van der Waals surface area contributed by atoms with Gasteiger partial charge in [0.25, 0.3) is 11.6 Å². The normalized spacial score (nSPS) is 15.2. The number of benzene rings is 1. The molecular formula is C16H20N4O3. The molecule has 1 aliphatic rings. The fourth-order valence-corrected chi connectivity index (χ4v) is 2.79. The van der Waals surface area contributed by atoms with Crippen molar-refractivity contribution < 1.29 is 9.45 Å². The van der Waals surface area contributed by atoms with Gasteiger partial charge in [-0.05, 0) is 31.4 Å². The Bertz CT molecular complexity index is 705. The monoisotopic (exact) mass is 316 g/mol. The van der Waals surface area contributed by atoms with Crippen molar-refractivity contribution >= 4 is 11.4 Å². The van der Waals surface area contributed by atoms with Gasteiger partial charge >= 0.3 is 0 Å². The van der Waals surface area contributed by atoms with Crippen molar-refractivity contribution in [3.05, 3.63) is 34.1 Å². The SMILES string of the molecule is CC(C)c1noc(-c2ccc(N3CCCCC3)c([N+](=O)[O-])c2)n1. The van der Waals surface area contributed by atoms with Gasteiger partial charge in [0.2, 0.25) is 0 Å². The minimum Gasteiger partial charge on any atom is -0.366 e. The molecule has 1 saturated heterocycles. The van der Waals surface area contributed by atoms with Crippen molar-refractivity contribution in [2.75, 3.05) is 18.0 Å². The van der Waals surface area contributed by atoms with Gasteiger partial charge in [0.1, 0.15) is 5.69 Å². The van der Waals surface area contributed by atoms with Crippen LogP contribution >= 0.6 is 0 Å². The number of anilines is 1. The van der Waals surface area contributed by atoms with Crippen LogP contribution in [0.3, 0.4) is 0 Å². The number of aromatic nitrogens is 2. The van der Waals surface area contributed by atoms with Crippen molar-refractivity contribution in [2.24, 2.45) is 0 Å². The Balaban J connectivity index is 1.96. The highest BCUT2D eigenvalue weighted by atomic mass is 16.6. The summed E-state index contributed by atoms with van der Waals surface area (Å²) in [6.07, 6.45) is 3.32. The zero-order chi connectivity index (χ0) is 16.4. The molecule has 0 unspecified atom stereocenters. The molecule has 0 radical (unpaired) electrons. The van der Waals surface area contributed by atoms with Crippen molar-refractivity contribution in [3.63, 3.8) is 0 Å². The van der Waals surface area contributed by atoms with Gasteiger partial charge in [0, 0.05) is 30.6 Å². The Kier molecular flexibility index (Phi) is 4.27. The topological polar surface area (TPSA) is 85.3 Å². The maximum atomic E-state index is 11.5. The predicted octanol–water partition coefficient (Wildman–Crippen LogP) is 3.76. The lowest BCUT2D eigenvalue weighted by Crippen LogP contribution is -2.29. The Morgan fingerprint density at radius 3 is 2.61 bits per heavy atom. The maximum absolute atomic E-state index is 11.5. The van der Waals surface area contributed by atoms with Crippen molar-refractivity contribution in [2.45, 2.75) is 39.0 Å². The third-order valence-corrected chi connectivity index (χ3v) is 4.07. The maximum Gasteiger partial charge on any atom is 0.293 e. The number of hydrogen-bond donors (Lipinski definition) is 0. The lowest BCUT2D eigenvalue weighted by atomic mass is 10.1. The number of rotatable bonds is 4. The fraction of sp³-hybridized carbons (Fsp3) is 0.500. The first-order valence-electron chi connectivity index (χ1n) is 7.93. The third-order valence-electron chi connectivity index (χ3n) is 4.07. The van der Waals surface area contributed by atoms with Gasteiger partial charge in [-0.2, -0.15) is 4.98 Å². The molecule has 0 atom stereocenters. The smallest absolute Gasteiger partial charge is 0.293 e. The molecule has 7 heteroatoms. The van der Waals surface area contributed by atoms with Crippen molar-refractivity contribution in [1.29, 1.82) is 0 Å². The second-order valence-corrected chi connectivity index (χ2v) is 6.12. The van der Waals surface area contributed by atoms with E-state index >= 15 is 0 Å². The molecule has 0 spiro atoms. The van der Waals surface area contributed by atoms with E-state index in [1.54, 1.807) is 6.07 Å². The molecular weight excluding hydrogens is 296 g/mol. The molecule has 1 aromatic heterocycles. The summed E-state index contributed by atoms with van der Waals surface area (Å²) in [7, 11) is 0. The van der Waals surface area contributed by atoms with Crippen molar-refractivity contribution in [3.8, 4) is 11.5 Å². The first-order valence-corrected chi connectivity index (χ1v) is 7.93. The van der Waals surface area contributed by atoms with Gasteiger partial charge in [0.05, 0.1) is 4.92 Å². The first-order chi connectivity index (χ1) is 11.1. The number of hydrogen-bond acceptors (Lipinski definition) is 6. The van der Waals surface area contributed by atoms with Gasteiger partial charge in [-0.25, -0.2) is 0 Å². The summed E-state index contributed by atoms with van der Waals surface area (Å²) in [5, 5.41) is 15.4. The molecule has 0 aliphatic carbocycles. The molecule has 0 N–H and O–H groups in total. The van der Waals surface area contributed by atoms with Crippen LogP contribution in [0.15, 0.2) is 22.7 Å². The number of nitro benzene ring substituents is 1. The second-order valence-electron chi connectivity index (χ2n) is 6.12. The summed E-state index contributed by atoms with van der Waals surface area (Å²) in [6.45, 7) is 5.66. The Morgan fingerprint density at radius 2 is 2.00 bits per heavy atom. The zero-order valence-corrected chi connectivity index (χ0v) is 13.4. The van der Waals surface area contributed by atoms with E-state index in [1.807, 2.05) is 19.9 Å². The van der Waals surface area contributed by atoms with Crippen LogP contribution in [0.1, 0.15) is 44.9 Å². The zero-order valence-electron chi connectivity index (χ0n) is 13.4. The molecule has 2 heterocycles. The minimum atomic E-state index is -0.340. The summed E-state index contributed by atoms with van der Waals surface area (Å²) >= 11 is 0. The molecule has 2 aromatic rings. The molecule has 0 saturated carbocycles. The summed E-state index contributed by atoms with van der Waals surface area (Å²) in [5.41, 5.74) is 1.34. The van der Waals surface area contributed by atoms with Gasteiger partial charge in [-0.15, -0.1) is 0 Å². The molecule has 3 rings (SSSR count). The Hall–Kier alpha value is -2.44. The van der Waals surface area contributed by atoms with Crippen LogP contribution in [-0.4, -0.2) is 28.2 Å². The summed E-state index contributed by atoms with van der Waals surface area (Å²) in [5.74, 6) is 1.07. The quantitative estimate of drug-likeness (QED) is 0.630.